The molecule has 0 aliphatic carbocycles. The molecule has 0 fully saturated rings. The summed E-state index contributed by atoms with van der Waals surface area (Å²) in [6.45, 7) is 0.698. The number of hydrogen-bond acceptors (Lipinski definition) is 3. The van der Waals surface area contributed by atoms with Crippen LogP contribution in [0.15, 0.2) is 17.2 Å². The molecule has 0 radical (unpaired) electrons. The topological polar surface area (TPSA) is 82.1 Å². The van der Waals surface area contributed by atoms with Gasteiger partial charge in [0.25, 0.3) is 0 Å². The van der Waals surface area contributed by atoms with Gasteiger partial charge in [0, 0.05) is 32.4 Å². The summed E-state index contributed by atoms with van der Waals surface area (Å²) in [5.74, 6) is 4.81. The number of nitrogens with two attached hydrogens (primary N) is 1. The summed E-state index contributed by atoms with van der Waals surface area (Å²) in [5.41, 5.74) is 2.09. The van der Waals surface area contributed by atoms with Crippen molar-refractivity contribution in [2.75, 3.05) is 0 Å². The van der Waals surface area contributed by atoms with Crippen molar-refractivity contribution < 1.29 is 4.79 Å². The minimum atomic E-state index is -0.142. The van der Waals surface area contributed by atoms with Crippen molar-refractivity contribution >= 4 is 5.91 Å². The number of rotatable bonds is 6. The number of aryl methyl sites for hydroxylation is 2. The molecular weight excluding hydrogens is 208 g/mol. The molecule has 1 aromatic rings. The quantitative estimate of drug-likeness (QED) is 0.303. The van der Waals surface area contributed by atoms with E-state index in [1.165, 1.54) is 0 Å². The number of nitrogens with zero attached hydrogens (tertiary/aromatic N) is 2. The Kier molecular flexibility index (Phi) is 4.78. The van der Waals surface area contributed by atoms with E-state index in [1.807, 2.05) is 0 Å². The molecule has 0 aliphatic heterocycles. The standard InChI is InChI=1S/C10H18N4O2/c1-13-7-8-14(10(13)16)6-4-2-3-5-9(15)12-11/h7-8H,2-6,11H2,1H3,(H,12,15). The molecule has 1 aromatic heterocycles. The lowest BCUT2D eigenvalue weighted by Crippen LogP contribution is -2.29. The number of hydrazine groups is 1. The molecule has 0 saturated heterocycles. The molecule has 1 amide bonds. The lowest BCUT2D eigenvalue weighted by molar-refractivity contribution is -0.121. The average molecular weight is 226 g/mol. The number of carbonyl (C=O) groups excluding carboxylic acids is 1. The van der Waals surface area contributed by atoms with Crippen LogP contribution >= 0.6 is 0 Å². The zero-order chi connectivity index (χ0) is 12.0. The van der Waals surface area contributed by atoms with Gasteiger partial charge in [0.15, 0.2) is 0 Å². The second kappa shape index (κ2) is 6.12. The van der Waals surface area contributed by atoms with Gasteiger partial charge in [-0.05, 0) is 12.8 Å². The number of unbranched alkanes of at least 4 members (excludes halogenated alkanes) is 2. The Bertz CT molecular complexity index is 394. The van der Waals surface area contributed by atoms with E-state index in [0.717, 1.165) is 19.3 Å². The van der Waals surface area contributed by atoms with Crippen LogP contribution in [0.2, 0.25) is 0 Å². The molecule has 1 heterocycles. The van der Waals surface area contributed by atoms with E-state index >= 15 is 0 Å². The third kappa shape index (κ3) is 3.54. The lowest BCUT2D eigenvalue weighted by Gasteiger charge is -2.01. The predicted molar refractivity (Wildman–Crippen MR) is 60.5 cm³/mol. The van der Waals surface area contributed by atoms with Crippen LogP contribution in [-0.2, 0) is 18.4 Å². The van der Waals surface area contributed by atoms with Crippen molar-refractivity contribution in [3.8, 4) is 0 Å². The summed E-state index contributed by atoms with van der Waals surface area (Å²) in [4.78, 5) is 22.2. The van der Waals surface area contributed by atoms with Crippen LogP contribution < -0.4 is 17.0 Å². The molecule has 90 valence electrons. The normalized spacial score (nSPS) is 10.4. The molecule has 6 nitrogen and oxygen atoms in total. The molecule has 0 aliphatic rings. The Morgan fingerprint density at radius 1 is 1.38 bits per heavy atom. The van der Waals surface area contributed by atoms with Crippen LogP contribution in [0.4, 0.5) is 0 Å². The van der Waals surface area contributed by atoms with Crippen LogP contribution in [0.25, 0.3) is 0 Å². The maximum atomic E-state index is 11.4. The van der Waals surface area contributed by atoms with Crippen molar-refractivity contribution in [3.05, 3.63) is 22.9 Å². The molecular formula is C10H18N4O2. The van der Waals surface area contributed by atoms with Gasteiger partial charge in [0.05, 0.1) is 0 Å². The molecule has 0 atom stereocenters. The number of nitrogens with one attached hydrogen (secondary N) is 1. The predicted octanol–water partition coefficient (Wildman–Crippen LogP) is -0.263. The fourth-order valence-electron chi connectivity index (χ4n) is 1.50. The van der Waals surface area contributed by atoms with Gasteiger partial charge >= 0.3 is 5.69 Å². The van der Waals surface area contributed by atoms with Gasteiger partial charge in [-0.25, -0.2) is 10.6 Å². The monoisotopic (exact) mass is 226 g/mol. The first-order valence-electron chi connectivity index (χ1n) is 5.36. The van der Waals surface area contributed by atoms with Crippen LogP contribution in [0, 0.1) is 0 Å². The summed E-state index contributed by atoms with van der Waals surface area (Å²) in [6.07, 6.45) is 6.56. The first-order chi connectivity index (χ1) is 7.65. The van der Waals surface area contributed by atoms with E-state index in [2.05, 4.69) is 5.43 Å². The average Bonchev–Trinajstić information content (AvgIpc) is 2.60. The molecule has 16 heavy (non-hydrogen) atoms. The van der Waals surface area contributed by atoms with Crippen molar-refractivity contribution in [1.29, 1.82) is 0 Å². The fraction of sp³-hybridized carbons (Fsp3) is 0.600. The Morgan fingerprint density at radius 3 is 2.69 bits per heavy atom. The second-order valence-corrected chi connectivity index (χ2v) is 3.76. The van der Waals surface area contributed by atoms with Gasteiger partial charge in [-0.2, -0.15) is 0 Å². The molecule has 6 heteroatoms. The van der Waals surface area contributed by atoms with E-state index in [-0.39, 0.29) is 11.6 Å². The highest BCUT2D eigenvalue weighted by Gasteiger charge is 2.00. The van der Waals surface area contributed by atoms with E-state index in [9.17, 15) is 9.59 Å². The molecule has 1 rings (SSSR count). The highest BCUT2D eigenvalue weighted by atomic mass is 16.2. The van der Waals surface area contributed by atoms with Crippen LogP contribution in [-0.4, -0.2) is 15.0 Å². The smallest absolute Gasteiger partial charge is 0.302 e. The number of aromatic nitrogens is 2. The molecule has 0 bridgehead atoms. The maximum Gasteiger partial charge on any atom is 0.327 e. The first kappa shape index (κ1) is 12.5. The van der Waals surface area contributed by atoms with E-state index in [0.29, 0.717) is 13.0 Å². The van der Waals surface area contributed by atoms with E-state index in [4.69, 9.17) is 5.84 Å². The highest BCUT2D eigenvalue weighted by molar-refractivity contribution is 5.74. The molecule has 0 unspecified atom stereocenters. The van der Waals surface area contributed by atoms with Crippen LogP contribution in [0.3, 0.4) is 0 Å². The second-order valence-electron chi connectivity index (χ2n) is 3.76. The van der Waals surface area contributed by atoms with E-state index in [1.54, 1.807) is 28.6 Å². The minimum absolute atomic E-state index is 0.000277. The number of amides is 1. The van der Waals surface area contributed by atoms with Crippen LogP contribution in [0.1, 0.15) is 25.7 Å². The summed E-state index contributed by atoms with van der Waals surface area (Å²) < 4.78 is 3.21. The molecule has 0 saturated carbocycles. The zero-order valence-electron chi connectivity index (χ0n) is 9.48. The molecule has 3 N–H and O–H groups in total. The van der Waals surface area contributed by atoms with Crippen molar-refractivity contribution in [2.45, 2.75) is 32.2 Å². The van der Waals surface area contributed by atoms with E-state index < -0.39 is 0 Å². The summed E-state index contributed by atoms with van der Waals surface area (Å²) in [6, 6.07) is 0. The summed E-state index contributed by atoms with van der Waals surface area (Å²) in [7, 11) is 1.73. The number of carbonyl (C=O) groups is 1. The maximum absolute atomic E-state index is 11.4. The Labute approximate surface area is 94.0 Å². The highest BCUT2D eigenvalue weighted by Crippen LogP contribution is 2.01. The Hall–Kier alpha value is -1.56. The van der Waals surface area contributed by atoms with Gasteiger partial charge in [-0.3, -0.25) is 14.8 Å². The summed E-state index contributed by atoms with van der Waals surface area (Å²) in [5, 5.41) is 0. The molecule has 0 aromatic carbocycles. The lowest BCUT2D eigenvalue weighted by atomic mass is 10.2. The fourth-order valence-corrected chi connectivity index (χ4v) is 1.50. The number of hydrogen-bond donors (Lipinski definition) is 2. The Balaban J connectivity index is 2.19. The van der Waals surface area contributed by atoms with Crippen LogP contribution in [0.5, 0.6) is 0 Å². The van der Waals surface area contributed by atoms with Crippen molar-refractivity contribution in [2.24, 2.45) is 12.9 Å². The third-order valence-electron chi connectivity index (χ3n) is 2.48. The Morgan fingerprint density at radius 2 is 2.12 bits per heavy atom. The first-order valence-corrected chi connectivity index (χ1v) is 5.36. The van der Waals surface area contributed by atoms with Gasteiger partial charge in [0.2, 0.25) is 5.91 Å². The van der Waals surface area contributed by atoms with Gasteiger partial charge in [-0.15, -0.1) is 0 Å². The van der Waals surface area contributed by atoms with Crippen molar-refractivity contribution in [3.63, 3.8) is 0 Å². The summed E-state index contributed by atoms with van der Waals surface area (Å²) >= 11 is 0. The zero-order valence-corrected chi connectivity index (χ0v) is 9.48. The van der Waals surface area contributed by atoms with Gasteiger partial charge in [0.1, 0.15) is 0 Å². The third-order valence-corrected chi connectivity index (χ3v) is 2.48. The van der Waals surface area contributed by atoms with Crippen molar-refractivity contribution in [1.82, 2.24) is 14.6 Å². The van der Waals surface area contributed by atoms with Gasteiger partial charge < -0.3 is 4.57 Å². The molecule has 0 spiro atoms. The van der Waals surface area contributed by atoms with Gasteiger partial charge in [-0.1, -0.05) is 6.42 Å². The number of imidazole rings is 1. The SMILES string of the molecule is Cn1ccn(CCCCCC(=O)NN)c1=O. The minimum Gasteiger partial charge on any atom is -0.302 e. The largest absolute Gasteiger partial charge is 0.327 e.